The predicted octanol–water partition coefficient (Wildman–Crippen LogP) is 7.12. The summed E-state index contributed by atoms with van der Waals surface area (Å²) in [5.74, 6) is 1.29. The number of fused-ring (bicyclic) bond motifs is 4. The molecule has 2 aromatic carbocycles. The maximum Gasteiger partial charge on any atom is 0.293 e. The summed E-state index contributed by atoms with van der Waals surface area (Å²) in [6.07, 6.45) is 6.59. The van der Waals surface area contributed by atoms with Crippen molar-refractivity contribution >= 4 is 27.9 Å². The van der Waals surface area contributed by atoms with Crippen molar-refractivity contribution in [3.8, 4) is 21.7 Å². The van der Waals surface area contributed by atoms with Crippen LogP contribution in [0.3, 0.4) is 0 Å². The van der Waals surface area contributed by atoms with Gasteiger partial charge in [-0.2, -0.15) is 4.40 Å². The van der Waals surface area contributed by atoms with E-state index in [4.69, 9.17) is 4.74 Å². The first-order chi connectivity index (χ1) is 18.4. The van der Waals surface area contributed by atoms with Gasteiger partial charge in [0.2, 0.25) is 0 Å². The van der Waals surface area contributed by atoms with Crippen molar-refractivity contribution in [2.24, 2.45) is 0 Å². The van der Waals surface area contributed by atoms with E-state index in [0.717, 1.165) is 42.2 Å². The third-order valence-corrected chi connectivity index (χ3v) is 9.42. The zero-order valence-corrected chi connectivity index (χ0v) is 23.1. The minimum absolute atomic E-state index is 0.0320. The Morgan fingerprint density at radius 2 is 1.74 bits per heavy atom. The van der Waals surface area contributed by atoms with E-state index in [1.807, 2.05) is 17.4 Å². The number of benzene rings is 2. The summed E-state index contributed by atoms with van der Waals surface area (Å²) in [7, 11) is 0. The Morgan fingerprint density at radius 3 is 2.45 bits per heavy atom. The zero-order chi connectivity index (χ0) is 26.1. The molecule has 6 heteroatoms. The van der Waals surface area contributed by atoms with Crippen molar-refractivity contribution in [1.82, 2.24) is 4.57 Å². The molecule has 2 atom stereocenters. The fourth-order valence-corrected chi connectivity index (χ4v) is 8.06. The quantitative estimate of drug-likeness (QED) is 0.290. The molecule has 1 fully saturated rings. The normalized spacial score (nSPS) is 23.0. The van der Waals surface area contributed by atoms with Crippen molar-refractivity contribution in [2.75, 3.05) is 5.32 Å². The highest BCUT2D eigenvalue weighted by Crippen LogP contribution is 2.53. The van der Waals surface area contributed by atoms with Crippen molar-refractivity contribution in [3.05, 3.63) is 78.0 Å². The highest BCUT2D eigenvalue weighted by molar-refractivity contribution is 7.20. The topological polar surface area (TPSA) is 47.4 Å². The van der Waals surface area contributed by atoms with E-state index in [0.29, 0.717) is 13.0 Å². The molecule has 0 radical (unpaired) electrons. The van der Waals surface area contributed by atoms with E-state index in [9.17, 15) is 4.79 Å². The second-order valence-corrected chi connectivity index (χ2v) is 12.9. The lowest BCUT2D eigenvalue weighted by Gasteiger charge is -2.48. The molecule has 1 saturated carbocycles. The van der Waals surface area contributed by atoms with Crippen LogP contribution in [0, 0.1) is 0 Å². The van der Waals surface area contributed by atoms with Gasteiger partial charge in [0.15, 0.2) is 11.5 Å². The largest absolute Gasteiger partial charge is 0.359 e. The SMILES string of the molecule is CC(C)(C)Nc1c2n(c3sc(-c4ccccc4)c(-c4ccccc4)[n+]13)[C@H]1CC(=O)C=C3CCCC[C@@]31OC2. The lowest BCUT2D eigenvalue weighted by molar-refractivity contribution is -0.478. The number of imidazole rings is 1. The van der Waals surface area contributed by atoms with Gasteiger partial charge in [-0.25, -0.2) is 4.57 Å². The molecule has 2 aromatic heterocycles. The van der Waals surface area contributed by atoms with Gasteiger partial charge in [-0.05, 0) is 63.7 Å². The van der Waals surface area contributed by atoms with Crippen LogP contribution < -0.4 is 9.72 Å². The zero-order valence-electron chi connectivity index (χ0n) is 22.3. The highest BCUT2D eigenvalue weighted by Gasteiger charge is 2.55. The van der Waals surface area contributed by atoms with Crippen molar-refractivity contribution in [3.63, 3.8) is 0 Å². The van der Waals surface area contributed by atoms with E-state index in [1.54, 1.807) is 0 Å². The Bertz CT molecular complexity index is 1580. The first-order valence-corrected chi connectivity index (χ1v) is 14.6. The number of hydrogen-bond acceptors (Lipinski definition) is 4. The average molecular weight is 525 g/mol. The standard InChI is InChI=1S/C32H34N3O2S/c1-31(2,3)33-29-25-20-37-32-17-11-10-16-23(32)18-24(36)19-26(32)34(25)30-35(29)27(21-12-6-4-7-13-21)28(38-30)22-14-8-5-9-15-22/h4-9,12-15,18,26,33H,10-11,16-17,19-20H2,1-3H3/q+1/t26-,32+/m0/s1. The summed E-state index contributed by atoms with van der Waals surface area (Å²) in [5, 5.41) is 3.85. The number of thiazole rings is 1. The third-order valence-electron chi connectivity index (χ3n) is 8.23. The molecule has 2 aliphatic carbocycles. The van der Waals surface area contributed by atoms with Gasteiger partial charge in [-0.15, -0.1) is 0 Å². The smallest absolute Gasteiger partial charge is 0.293 e. The van der Waals surface area contributed by atoms with Gasteiger partial charge in [-0.1, -0.05) is 72.0 Å². The van der Waals surface area contributed by atoms with Gasteiger partial charge in [0.05, 0.1) is 10.4 Å². The van der Waals surface area contributed by atoms with Crippen LogP contribution in [0.15, 0.2) is 72.3 Å². The number of anilines is 1. The Hall–Kier alpha value is -3.22. The molecular weight excluding hydrogens is 490 g/mol. The number of carbonyl (C=O) groups is 1. The molecule has 4 aromatic rings. The number of hydrogen-bond donors (Lipinski definition) is 1. The minimum atomic E-state index is -0.380. The predicted molar refractivity (Wildman–Crippen MR) is 152 cm³/mol. The second kappa shape index (κ2) is 8.65. The molecule has 3 aliphatic rings. The molecule has 38 heavy (non-hydrogen) atoms. The van der Waals surface area contributed by atoms with Gasteiger partial charge in [0, 0.05) is 12.0 Å². The fraction of sp³-hybridized carbons (Fsp3) is 0.375. The molecule has 1 aliphatic heterocycles. The lowest BCUT2D eigenvalue weighted by Crippen LogP contribution is -2.51. The Morgan fingerprint density at radius 1 is 1.03 bits per heavy atom. The molecular formula is C32H34N3O2S+. The van der Waals surface area contributed by atoms with E-state index >= 15 is 0 Å². The molecule has 194 valence electrons. The van der Waals surface area contributed by atoms with E-state index in [2.05, 4.69) is 95.7 Å². The fourth-order valence-electron chi connectivity index (χ4n) is 6.71. The summed E-state index contributed by atoms with van der Waals surface area (Å²) < 4.78 is 11.8. The average Bonchev–Trinajstić information content (AvgIpc) is 3.43. The van der Waals surface area contributed by atoms with Gasteiger partial charge >= 0.3 is 0 Å². The molecule has 0 unspecified atom stereocenters. The second-order valence-electron chi connectivity index (χ2n) is 11.9. The molecule has 5 nitrogen and oxygen atoms in total. The van der Waals surface area contributed by atoms with Crippen molar-refractivity contribution in [1.29, 1.82) is 0 Å². The lowest BCUT2D eigenvalue weighted by atomic mass is 9.69. The molecule has 1 spiro atoms. The Balaban J connectivity index is 1.57. The van der Waals surface area contributed by atoms with Gasteiger partial charge in [0.1, 0.15) is 23.9 Å². The van der Waals surface area contributed by atoms with Crippen LogP contribution >= 0.6 is 11.3 Å². The molecule has 0 bridgehead atoms. The van der Waals surface area contributed by atoms with Gasteiger partial charge in [0.25, 0.3) is 10.8 Å². The summed E-state index contributed by atoms with van der Waals surface area (Å²) in [5.41, 5.74) is 5.37. The number of rotatable bonds is 3. The number of carbonyl (C=O) groups excluding carboxylic acids is 1. The third kappa shape index (κ3) is 3.61. The highest BCUT2D eigenvalue weighted by atomic mass is 32.1. The van der Waals surface area contributed by atoms with Gasteiger partial charge < -0.3 is 4.74 Å². The van der Waals surface area contributed by atoms with E-state index < -0.39 is 0 Å². The number of ketones is 1. The molecule has 1 N–H and O–H groups in total. The Kier molecular flexibility index (Phi) is 5.43. The van der Waals surface area contributed by atoms with Crippen LogP contribution in [0.2, 0.25) is 0 Å². The molecule has 0 amide bonds. The van der Waals surface area contributed by atoms with E-state index in [1.165, 1.54) is 27.3 Å². The first-order valence-electron chi connectivity index (χ1n) is 13.7. The number of nitrogens with one attached hydrogen (secondary N) is 1. The van der Waals surface area contributed by atoms with Crippen molar-refractivity contribution < 1.29 is 13.9 Å². The summed E-state index contributed by atoms with van der Waals surface area (Å²) in [4.78, 5) is 15.5. The monoisotopic (exact) mass is 524 g/mol. The maximum atomic E-state index is 13.1. The number of nitrogens with zero attached hydrogens (tertiary/aromatic N) is 2. The molecule has 3 heterocycles. The summed E-state index contributed by atoms with van der Waals surface area (Å²) in [6, 6.07) is 21.3. The van der Waals surface area contributed by atoms with Crippen LogP contribution in [-0.2, 0) is 16.1 Å². The van der Waals surface area contributed by atoms with Crippen LogP contribution in [0.25, 0.3) is 26.7 Å². The molecule has 7 rings (SSSR count). The van der Waals surface area contributed by atoms with Gasteiger partial charge in [-0.3, -0.25) is 10.1 Å². The van der Waals surface area contributed by atoms with Crippen LogP contribution in [0.4, 0.5) is 5.82 Å². The summed E-state index contributed by atoms with van der Waals surface area (Å²) in [6.45, 7) is 7.14. The number of allylic oxidation sites excluding steroid dienone is 1. The van der Waals surface area contributed by atoms with Crippen LogP contribution in [-0.4, -0.2) is 21.5 Å². The van der Waals surface area contributed by atoms with E-state index in [-0.39, 0.29) is 23.0 Å². The first kappa shape index (κ1) is 23.9. The number of ether oxygens (including phenoxy) is 1. The Labute approximate surface area is 227 Å². The van der Waals surface area contributed by atoms with Crippen LogP contribution in [0.1, 0.15) is 64.6 Å². The van der Waals surface area contributed by atoms with Crippen molar-refractivity contribution in [2.45, 2.75) is 76.7 Å². The minimum Gasteiger partial charge on any atom is -0.359 e. The summed E-state index contributed by atoms with van der Waals surface area (Å²) >= 11 is 1.83. The van der Waals surface area contributed by atoms with Crippen LogP contribution in [0.5, 0.6) is 0 Å². The maximum absolute atomic E-state index is 13.1. The number of aromatic nitrogens is 2. The molecule has 0 saturated heterocycles.